The van der Waals surface area contributed by atoms with Crippen molar-refractivity contribution in [3.8, 4) is 11.3 Å². The molecule has 3 aromatic rings. The highest BCUT2D eigenvalue weighted by Crippen LogP contribution is 2.38. The number of alkyl halides is 3. The predicted molar refractivity (Wildman–Crippen MR) is 137 cm³/mol. The smallest absolute Gasteiger partial charge is 0.418 e. The highest BCUT2D eigenvalue weighted by atomic mass is 32.2. The number of piperidine rings is 1. The topological polar surface area (TPSA) is 112 Å². The third-order valence-electron chi connectivity index (χ3n) is 6.17. The maximum atomic E-state index is 13.8. The largest absolute Gasteiger partial charge is 0.481 e. The van der Waals surface area contributed by atoms with Crippen LogP contribution >= 0.6 is 0 Å². The zero-order valence-corrected chi connectivity index (χ0v) is 21.0. The van der Waals surface area contributed by atoms with Gasteiger partial charge in [0.25, 0.3) is 10.0 Å². The lowest BCUT2D eigenvalue weighted by Crippen LogP contribution is -2.37. The summed E-state index contributed by atoms with van der Waals surface area (Å²) in [5.41, 5.74) is -0.900. The van der Waals surface area contributed by atoms with Crippen molar-refractivity contribution in [1.29, 1.82) is 0 Å². The van der Waals surface area contributed by atoms with E-state index in [9.17, 15) is 26.4 Å². The molecule has 1 atom stereocenters. The van der Waals surface area contributed by atoms with Gasteiger partial charge in [0.05, 0.1) is 11.3 Å². The summed E-state index contributed by atoms with van der Waals surface area (Å²) in [7, 11) is -4.32. The highest BCUT2D eigenvalue weighted by molar-refractivity contribution is 7.92. The lowest BCUT2D eigenvalue weighted by molar-refractivity contribution is -0.138. The molecule has 1 saturated heterocycles. The van der Waals surface area contributed by atoms with E-state index in [-0.39, 0.29) is 28.7 Å². The maximum Gasteiger partial charge on any atom is 0.418 e. The number of nitrogens with one attached hydrogen (secondary N) is 1. The fraction of sp³-hybridized carbons (Fsp3) is 0.269. The van der Waals surface area contributed by atoms with Crippen molar-refractivity contribution in [3.63, 3.8) is 0 Å². The zero-order valence-electron chi connectivity index (χ0n) is 20.1. The van der Waals surface area contributed by atoms with Crippen LogP contribution in [-0.4, -0.2) is 42.6 Å². The number of nitrogens with zero attached hydrogens (tertiary/aromatic N) is 3. The standard InChI is InChI=1S/C26H25F3N4O4S/c1-2-18-8-3-4-9-19(18)25-20(26(27,28)29)12-13-21(30-25)32-38(36,37)23-11-5-10-22(31-23)33-14-6-7-17(16-33)15-24(34)35/h2-5,8-13,17H,1,6-7,14-16H2,(H,30,32)(H,34,35). The minimum atomic E-state index is -4.73. The van der Waals surface area contributed by atoms with Gasteiger partial charge in [0.15, 0.2) is 5.03 Å². The molecule has 3 heterocycles. The molecule has 4 rings (SSSR count). The van der Waals surface area contributed by atoms with Gasteiger partial charge in [-0.15, -0.1) is 0 Å². The summed E-state index contributed by atoms with van der Waals surface area (Å²) in [6, 6.07) is 12.4. The van der Waals surface area contributed by atoms with E-state index in [1.807, 2.05) is 4.90 Å². The van der Waals surface area contributed by atoms with E-state index in [1.54, 1.807) is 24.3 Å². The SMILES string of the molecule is C=Cc1ccccc1-c1nc(NS(=O)(=O)c2cccc(N3CCCC(CC(=O)O)C3)n2)ccc1C(F)(F)F. The number of carboxylic acid groups (broad SMARTS) is 1. The summed E-state index contributed by atoms with van der Waals surface area (Å²) in [4.78, 5) is 21.2. The molecule has 0 aliphatic carbocycles. The Kier molecular flexibility index (Phi) is 7.72. The lowest BCUT2D eigenvalue weighted by Gasteiger charge is -2.33. The number of carboxylic acids is 1. The summed E-state index contributed by atoms with van der Waals surface area (Å²) in [5.74, 6) is -0.929. The average molecular weight is 547 g/mol. The average Bonchev–Trinajstić information content (AvgIpc) is 2.87. The first kappa shape index (κ1) is 27.1. The van der Waals surface area contributed by atoms with Gasteiger partial charge in [0, 0.05) is 25.1 Å². The predicted octanol–water partition coefficient (Wildman–Crippen LogP) is 5.30. The third-order valence-corrected chi connectivity index (χ3v) is 7.42. The Morgan fingerprint density at radius 2 is 1.89 bits per heavy atom. The summed E-state index contributed by atoms with van der Waals surface area (Å²) < 4.78 is 69.9. The molecule has 2 N–H and O–H groups in total. The van der Waals surface area contributed by atoms with E-state index in [0.29, 0.717) is 24.5 Å². The molecule has 1 aliphatic heterocycles. The molecule has 1 aromatic carbocycles. The molecule has 1 fully saturated rings. The minimum absolute atomic E-state index is 0.00690. The van der Waals surface area contributed by atoms with Crippen LogP contribution in [0.15, 0.2) is 66.2 Å². The number of halogens is 3. The van der Waals surface area contributed by atoms with Crippen LogP contribution < -0.4 is 9.62 Å². The quantitative estimate of drug-likeness (QED) is 0.394. The summed E-state index contributed by atoms with van der Waals surface area (Å²) in [6.45, 7) is 4.64. The van der Waals surface area contributed by atoms with Crippen LogP contribution in [0, 0.1) is 5.92 Å². The van der Waals surface area contributed by atoms with Crippen LogP contribution in [0.3, 0.4) is 0 Å². The van der Waals surface area contributed by atoms with Crippen molar-refractivity contribution in [3.05, 3.63) is 72.3 Å². The first-order valence-electron chi connectivity index (χ1n) is 11.7. The number of aromatic nitrogens is 2. The van der Waals surface area contributed by atoms with Crippen LogP contribution in [0.1, 0.15) is 30.4 Å². The number of pyridine rings is 2. The van der Waals surface area contributed by atoms with Gasteiger partial charge in [-0.05, 0) is 48.6 Å². The molecule has 0 radical (unpaired) electrons. The second-order valence-corrected chi connectivity index (χ2v) is 10.5. The molecular formula is C26H25F3N4O4S. The number of aliphatic carboxylic acids is 1. The van der Waals surface area contributed by atoms with E-state index >= 15 is 0 Å². The number of sulfonamides is 1. The number of rotatable bonds is 8. The van der Waals surface area contributed by atoms with Crippen molar-refractivity contribution in [2.75, 3.05) is 22.7 Å². The Morgan fingerprint density at radius 3 is 2.61 bits per heavy atom. The fourth-order valence-electron chi connectivity index (χ4n) is 4.45. The Morgan fingerprint density at radius 1 is 1.13 bits per heavy atom. The molecule has 0 spiro atoms. The van der Waals surface area contributed by atoms with Crippen molar-refractivity contribution in [2.45, 2.75) is 30.5 Å². The Hall–Kier alpha value is -3.93. The van der Waals surface area contributed by atoms with E-state index in [1.165, 1.54) is 24.3 Å². The number of hydrogen-bond donors (Lipinski definition) is 2. The first-order valence-corrected chi connectivity index (χ1v) is 13.2. The van der Waals surface area contributed by atoms with Crippen molar-refractivity contribution >= 4 is 33.7 Å². The number of hydrogen-bond acceptors (Lipinski definition) is 6. The Bertz CT molecular complexity index is 1460. The molecule has 8 nitrogen and oxygen atoms in total. The van der Waals surface area contributed by atoms with E-state index in [0.717, 1.165) is 25.0 Å². The third kappa shape index (κ3) is 6.13. The van der Waals surface area contributed by atoms with Gasteiger partial charge >= 0.3 is 12.1 Å². The monoisotopic (exact) mass is 546 g/mol. The number of carbonyl (C=O) groups is 1. The highest BCUT2D eigenvalue weighted by Gasteiger charge is 2.35. The van der Waals surface area contributed by atoms with Gasteiger partial charge in [-0.25, -0.2) is 9.97 Å². The Labute approximate surface area is 217 Å². The number of anilines is 2. The van der Waals surface area contributed by atoms with Gasteiger partial charge < -0.3 is 10.0 Å². The molecule has 1 aliphatic rings. The van der Waals surface area contributed by atoms with Crippen molar-refractivity contribution in [1.82, 2.24) is 9.97 Å². The maximum absolute atomic E-state index is 13.8. The van der Waals surface area contributed by atoms with Gasteiger partial charge in [0.2, 0.25) is 0 Å². The van der Waals surface area contributed by atoms with Crippen molar-refractivity contribution < 1.29 is 31.5 Å². The molecular weight excluding hydrogens is 521 g/mol. The van der Waals surface area contributed by atoms with Gasteiger partial charge in [-0.1, -0.05) is 43.0 Å². The molecule has 0 amide bonds. The van der Waals surface area contributed by atoms with Gasteiger partial charge in [-0.3, -0.25) is 9.52 Å². The van der Waals surface area contributed by atoms with Gasteiger partial charge in [-0.2, -0.15) is 21.6 Å². The zero-order chi connectivity index (χ0) is 27.5. The Balaban J connectivity index is 1.65. The summed E-state index contributed by atoms with van der Waals surface area (Å²) >= 11 is 0. The second-order valence-electron chi connectivity index (χ2n) is 8.87. The van der Waals surface area contributed by atoms with Gasteiger partial charge in [0.1, 0.15) is 11.6 Å². The molecule has 38 heavy (non-hydrogen) atoms. The fourth-order valence-corrected chi connectivity index (χ4v) is 5.41. The van der Waals surface area contributed by atoms with E-state index in [2.05, 4.69) is 21.3 Å². The molecule has 0 bridgehead atoms. The molecule has 0 saturated carbocycles. The molecule has 2 aromatic heterocycles. The second kappa shape index (κ2) is 10.8. The van der Waals surface area contributed by atoms with E-state index in [4.69, 9.17) is 5.11 Å². The van der Waals surface area contributed by atoms with Crippen LogP contribution in [0.2, 0.25) is 0 Å². The molecule has 1 unspecified atom stereocenters. The van der Waals surface area contributed by atoms with Crippen LogP contribution in [0.5, 0.6) is 0 Å². The number of benzene rings is 1. The van der Waals surface area contributed by atoms with Crippen LogP contribution in [0.4, 0.5) is 24.8 Å². The molecule has 200 valence electrons. The van der Waals surface area contributed by atoms with Crippen LogP contribution in [-0.2, 0) is 21.0 Å². The minimum Gasteiger partial charge on any atom is -0.481 e. The van der Waals surface area contributed by atoms with Crippen molar-refractivity contribution in [2.24, 2.45) is 5.92 Å². The lowest BCUT2D eigenvalue weighted by atomic mass is 9.95. The first-order chi connectivity index (χ1) is 18.0. The van der Waals surface area contributed by atoms with E-state index < -0.39 is 33.4 Å². The van der Waals surface area contributed by atoms with Crippen LogP contribution in [0.25, 0.3) is 17.3 Å². The summed E-state index contributed by atoms with van der Waals surface area (Å²) in [6.07, 6.45) is -1.84. The summed E-state index contributed by atoms with van der Waals surface area (Å²) in [5, 5.41) is 8.76. The normalized spacial score (nSPS) is 16.2. The molecule has 12 heteroatoms.